The van der Waals surface area contributed by atoms with Crippen LogP contribution in [-0.4, -0.2) is 11.9 Å². The molecule has 0 bridgehead atoms. The molecule has 3 nitrogen and oxygen atoms in total. The van der Waals surface area contributed by atoms with Crippen LogP contribution >= 0.6 is 11.6 Å². The molecule has 1 atom stereocenters. The maximum Gasteiger partial charge on any atom is 0.246 e. The maximum atomic E-state index is 12.2. The van der Waals surface area contributed by atoms with E-state index in [0.29, 0.717) is 5.02 Å². The van der Waals surface area contributed by atoms with E-state index in [1.165, 1.54) is 11.1 Å². The van der Waals surface area contributed by atoms with E-state index >= 15 is 0 Å². The highest BCUT2D eigenvalue weighted by Gasteiger charge is 2.13. The van der Waals surface area contributed by atoms with Gasteiger partial charge in [-0.1, -0.05) is 17.7 Å². The summed E-state index contributed by atoms with van der Waals surface area (Å²) in [7, 11) is 0. The number of anilines is 2. The predicted molar refractivity (Wildman–Crippen MR) is 89.1 cm³/mol. The van der Waals surface area contributed by atoms with E-state index in [1.807, 2.05) is 32.9 Å². The summed E-state index contributed by atoms with van der Waals surface area (Å²) in [6.45, 7) is 5.91. The van der Waals surface area contributed by atoms with Crippen molar-refractivity contribution in [3.63, 3.8) is 0 Å². The minimum Gasteiger partial charge on any atom is -0.374 e. The molecule has 0 spiro atoms. The van der Waals surface area contributed by atoms with Crippen LogP contribution in [0.1, 0.15) is 18.1 Å². The second kappa shape index (κ2) is 6.64. The van der Waals surface area contributed by atoms with Gasteiger partial charge in [0.1, 0.15) is 6.04 Å². The molecule has 0 fully saturated rings. The summed E-state index contributed by atoms with van der Waals surface area (Å²) < 4.78 is 0. The Bertz CT molecular complexity index is 617. The molecule has 0 radical (unpaired) electrons. The fraction of sp³-hybridized carbons (Fsp3) is 0.235. The number of hydrogen-bond acceptors (Lipinski definition) is 2. The van der Waals surface area contributed by atoms with Crippen molar-refractivity contribution in [3.8, 4) is 0 Å². The average molecular weight is 303 g/mol. The van der Waals surface area contributed by atoms with Gasteiger partial charge in [0.25, 0.3) is 0 Å². The Hall–Kier alpha value is -2.00. The summed E-state index contributed by atoms with van der Waals surface area (Å²) in [6.07, 6.45) is 0. The Morgan fingerprint density at radius 2 is 1.57 bits per heavy atom. The first kappa shape index (κ1) is 15.4. The van der Waals surface area contributed by atoms with Gasteiger partial charge in [-0.2, -0.15) is 0 Å². The van der Waals surface area contributed by atoms with Crippen molar-refractivity contribution in [2.75, 3.05) is 10.6 Å². The molecule has 0 heterocycles. The summed E-state index contributed by atoms with van der Waals surface area (Å²) >= 11 is 5.82. The highest BCUT2D eigenvalue weighted by atomic mass is 35.5. The van der Waals surface area contributed by atoms with E-state index < -0.39 is 0 Å². The lowest BCUT2D eigenvalue weighted by Crippen LogP contribution is -2.31. The molecular weight excluding hydrogens is 284 g/mol. The second-order valence-corrected chi connectivity index (χ2v) is 5.67. The van der Waals surface area contributed by atoms with Gasteiger partial charge in [0, 0.05) is 16.4 Å². The van der Waals surface area contributed by atoms with Gasteiger partial charge >= 0.3 is 0 Å². The van der Waals surface area contributed by atoms with Gasteiger partial charge in [-0.05, 0) is 68.3 Å². The van der Waals surface area contributed by atoms with Gasteiger partial charge in [0.15, 0.2) is 0 Å². The third-order valence-corrected chi connectivity index (χ3v) is 3.36. The lowest BCUT2D eigenvalue weighted by molar-refractivity contribution is -0.116. The van der Waals surface area contributed by atoms with Gasteiger partial charge in [-0.25, -0.2) is 0 Å². The van der Waals surface area contributed by atoms with Gasteiger partial charge in [0.2, 0.25) is 5.91 Å². The first-order valence-electron chi connectivity index (χ1n) is 6.85. The van der Waals surface area contributed by atoms with Crippen molar-refractivity contribution >= 4 is 28.9 Å². The van der Waals surface area contributed by atoms with Crippen LogP contribution in [0.15, 0.2) is 42.5 Å². The number of carbonyl (C=O) groups excluding carboxylic acids is 1. The number of carbonyl (C=O) groups is 1. The molecule has 0 unspecified atom stereocenters. The zero-order valence-corrected chi connectivity index (χ0v) is 13.2. The van der Waals surface area contributed by atoms with Crippen molar-refractivity contribution in [3.05, 3.63) is 58.6 Å². The Morgan fingerprint density at radius 3 is 2.14 bits per heavy atom. The Morgan fingerprint density at radius 1 is 1.00 bits per heavy atom. The summed E-state index contributed by atoms with van der Waals surface area (Å²) in [5, 5.41) is 6.72. The van der Waals surface area contributed by atoms with E-state index in [9.17, 15) is 4.79 Å². The van der Waals surface area contributed by atoms with Crippen LogP contribution in [0.2, 0.25) is 5.02 Å². The summed E-state index contributed by atoms with van der Waals surface area (Å²) in [6, 6.07) is 12.9. The fourth-order valence-electron chi connectivity index (χ4n) is 2.16. The number of benzene rings is 2. The monoisotopic (exact) mass is 302 g/mol. The normalized spacial score (nSPS) is 11.8. The van der Waals surface area contributed by atoms with Gasteiger partial charge in [-0.3, -0.25) is 4.79 Å². The fourth-order valence-corrected chi connectivity index (χ4v) is 2.28. The van der Waals surface area contributed by atoms with Crippen LogP contribution in [0.25, 0.3) is 0 Å². The van der Waals surface area contributed by atoms with Crippen LogP contribution in [0.4, 0.5) is 11.4 Å². The number of halogens is 1. The summed E-state index contributed by atoms with van der Waals surface area (Å²) in [4.78, 5) is 12.2. The molecule has 2 aromatic carbocycles. The highest BCUT2D eigenvalue weighted by Crippen LogP contribution is 2.16. The highest BCUT2D eigenvalue weighted by molar-refractivity contribution is 6.30. The molecule has 2 aromatic rings. The third kappa shape index (κ3) is 4.50. The van der Waals surface area contributed by atoms with E-state index in [1.54, 1.807) is 24.3 Å². The molecule has 0 aromatic heterocycles. The minimum atomic E-state index is -0.332. The topological polar surface area (TPSA) is 41.1 Å². The molecule has 0 saturated heterocycles. The molecule has 0 aliphatic carbocycles. The molecule has 21 heavy (non-hydrogen) atoms. The molecule has 4 heteroatoms. The lowest BCUT2D eigenvalue weighted by atomic mass is 10.1. The first-order valence-corrected chi connectivity index (χ1v) is 7.23. The number of amides is 1. The molecule has 2 rings (SSSR count). The quantitative estimate of drug-likeness (QED) is 0.879. The number of aryl methyl sites for hydroxylation is 2. The SMILES string of the molecule is Cc1cc(C)cc(N[C@H](C)C(=O)Nc2ccc(Cl)cc2)c1. The molecule has 0 saturated carbocycles. The lowest BCUT2D eigenvalue weighted by Gasteiger charge is -2.16. The summed E-state index contributed by atoms with van der Waals surface area (Å²) in [5.74, 6) is -0.0866. The molecule has 0 aliphatic heterocycles. The zero-order valence-electron chi connectivity index (χ0n) is 12.4. The maximum absolute atomic E-state index is 12.2. The van der Waals surface area contributed by atoms with Crippen molar-refractivity contribution in [2.24, 2.45) is 0 Å². The molecular formula is C17H19ClN2O. The molecule has 1 amide bonds. The van der Waals surface area contributed by atoms with Crippen molar-refractivity contribution in [1.29, 1.82) is 0 Å². The van der Waals surface area contributed by atoms with Crippen molar-refractivity contribution < 1.29 is 4.79 Å². The minimum absolute atomic E-state index is 0.0866. The molecule has 110 valence electrons. The van der Waals surface area contributed by atoms with E-state index in [-0.39, 0.29) is 11.9 Å². The first-order chi connectivity index (χ1) is 9.94. The predicted octanol–water partition coefficient (Wildman–Crippen LogP) is 4.40. The van der Waals surface area contributed by atoms with Crippen LogP contribution in [0.3, 0.4) is 0 Å². The van der Waals surface area contributed by atoms with Gasteiger partial charge in [0.05, 0.1) is 0 Å². The molecule has 0 aliphatic rings. The largest absolute Gasteiger partial charge is 0.374 e. The number of nitrogens with one attached hydrogen (secondary N) is 2. The Labute approximate surface area is 130 Å². The van der Waals surface area contributed by atoms with Crippen molar-refractivity contribution in [1.82, 2.24) is 0 Å². The number of rotatable bonds is 4. The van der Waals surface area contributed by atoms with E-state index in [4.69, 9.17) is 11.6 Å². The summed E-state index contributed by atoms with van der Waals surface area (Å²) in [5.41, 5.74) is 4.02. The van der Waals surface area contributed by atoms with Crippen LogP contribution in [-0.2, 0) is 4.79 Å². The number of hydrogen-bond donors (Lipinski definition) is 2. The van der Waals surface area contributed by atoms with Gasteiger partial charge < -0.3 is 10.6 Å². The van der Waals surface area contributed by atoms with Crippen LogP contribution in [0.5, 0.6) is 0 Å². The van der Waals surface area contributed by atoms with Crippen LogP contribution in [0, 0.1) is 13.8 Å². The van der Waals surface area contributed by atoms with Crippen LogP contribution < -0.4 is 10.6 Å². The molecule has 2 N–H and O–H groups in total. The van der Waals surface area contributed by atoms with E-state index in [0.717, 1.165) is 11.4 Å². The zero-order chi connectivity index (χ0) is 15.4. The standard InChI is InChI=1S/C17H19ClN2O/c1-11-8-12(2)10-16(9-11)19-13(3)17(21)20-15-6-4-14(18)5-7-15/h4-10,13,19H,1-3H3,(H,20,21)/t13-/m1/s1. The smallest absolute Gasteiger partial charge is 0.246 e. The Kier molecular flexibility index (Phi) is 4.86. The third-order valence-electron chi connectivity index (χ3n) is 3.11. The second-order valence-electron chi connectivity index (χ2n) is 5.24. The van der Waals surface area contributed by atoms with Crippen molar-refractivity contribution in [2.45, 2.75) is 26.8 Å². The van der Waals surface area contributed by atoms with Gasteiger partial charge in [-0.15, -0.1) is 0 Å². The average Bonchev–Trinajstić information content (AvgIpc) is 2.40. The van der Waals surface area contributed by atoms with E-state index in [2.05, 4.69) is 16.7 Å². The Balaban J connectivity index is 2.00.